The summed E-state index contributed by atoms with van der Waals surface area (Å²) < 4.78 is 36.8. The molecule has 54 heavy (non-hydrogen) atoms. The Kier molecular flexibility index (Phi) is 16.0. The van der Waals surface area contributed by atoms with E-state index in [0.29, 0.717) is 0 Å². The molecule has 1 heterocycles. The van der Waals surface area contributed by atoms with E-state index in [1.54, 1.807) is 20.8 Å². The lowest BCUT2D eigenvalue weighted by Gasteiger charge is -2.48. The van der Waals surface area contributed by atoms with Crippen LogP contribution in [-0.2, 0) is 41.6 Å². The molecule has 0 bridgehead atoms. The Labute approximate surface area is 310 Å². The predicted octanol–water partition coefficient (Wildman–Crippen LogP) is 6.29. The largest absolute Gasteiger partial charge is 0.444 e. The zero-order valence-corrected chi connectivity index (χ0v) is 30.0. The first-order valence-corrected chi connectivity index (χ1v) is 17.1. The van der Waals surface area contributed by atoms with Crippen molar-refractivity contribution in [3.63, 3.8) is 0 Å². The molecule has 0 radical (unpaired) electrons. The number of benzene rings is 2. The van der Waals surface area contributed by atoms with Crippen LogP contribution in [0.2, 0.25) is 0 Å². The maximum atomic E-state index is 12.8. The molecule has 288 valence electrons. The molecule has 2 aromatic rings. The number of aliphatic hydroxyl groups is 1. The lowest BCUT2D eigenvalue weighted by atomic mass is 9.83. The molecule has 21 heteroatoms. The Hall–Kier alpha value is -5.29. The normalized spacial score (nSPS) is 27.9. The van der Waals surface area contributed by atoms with Gasteiger partial charge >= 0.3 is 6.09 Å². The van der Waals surface area contributed by atoms with Crippen LogP contribution < -0.4 is 5.32 Å². The minimum absolute atomic E-state index is 0.0572. The molecule has 21 nitrogen and oxygen atoms in total. The van der Waals surface area contributed by atoms with E-state index in [0.717, 1.165) is 11.1 Å². The topological polar surface area (TPSA) is 300 Å². The third kappa shape index (κ3) is 12.1. The second kappa shape index (κ2) is 20.8. The number of aliphatic hydroxyl groups excluding tert-OH is 1. The van der Waals surface area contributed by atoms with Gasteiger partial charge in [0.15, 0.2) is 6.29 Å². The Morgan fingerprint density at radius 1 is 0.833 bits per heavy atom. The second-order valence-electron chi connectivity index (χ2n) is 13.3. The molecule has 0 spiro atoms. The molecule has 1 amide bonds. The van der Waals surface area contributed by atoms with Crippen LogP contribution in [0.15, 0.2) is 81.1 Å². The third-order valence-corrected chi connectivity index (χ3v) is 8.40. The number of alkyl carbamates (subject to hydrolysis) is 1. The number of nitrogens with one attached hydrogen (secondary N) is 1. The van der Waals surface area contributed by atoms with Gasteiger partial charge in [-0.15, -0.1) is 0 Å². The number of rotatable bonds is 17. The third-order valence-electron chi connectivity index (χ3n) is 8.40. The first kappa shape index (κ1) is 41.5. The van der Waals surface area contributed by atoms with Crippen LogP contribution in [0.25, 0.3) is 41.8 Å². The molecular weight excluding hydrogens is 706 g/mol. The molecule has 2 N–H and O–H groups in total. The molecule has 1 aliphatic heterocycles. The molecule has 1 saturated carbocycles. The number of nitrogens with zero attached hydrogens (tertiary/aromatic N) is 12. The van der Waals surface area contributed by atoms with Gasteiger partial charge in [0, 0.05) is 26.2 Å². The summed E-state index contributed by atoms with van der Waals surface area (Å²) in [4.78, 5) is 24.4. The number of amides is 1. The van der Waals surface area contributed by atoms with Gasteiger partial charge in [-0.2, -0.15) is 0 Å². The van der Waals surface area contributed by atoms with E-state index >= 15 is 0 Å². The number of azide groups is 4. The lowest BCUT2D eigenvalue weighted by Crippen LogP contribution is -2.65. The highest BCUT2D eigenvalue weighted by Crippen LogP contribution is 2.35. The lowest BCUT2D eigenvalue weighted by molar-refractivity contribution is -0.301. The molecular formula is C33H43N13O8. The average Bonchev–Trinajstić information content (AvgIpc) is 3.14. The van der Waals surface area contributed by atoms with Crippen molar-refractivity contribution in [2.45, 2.75) is 107 Å². The van der Waals surface area contributed by atoms with Crippen molar-refractivity contribution in [3.05, 3.63) is 114 Å². The summed E-state index contributed by atoms with van der Waals surface area (Å²) >= 11 is 0. The molecule has 10 atom stereocenters. The van der Waals surface area contributed by atoms with E-state index in [-0.39, 0.29) is 39.3 Å². The van der Waals surface area contributed by atoms with Crippen molar-refractivity contribution in [2.75, 3.05) is 19.7 Å². The van der Waals surface area contributed by atoms with Gasteiger partial charge in [0.25, 0.3) is 0 Å². The van der Waals surface area contributed by atoms with Crippen molar-refractivity contribution in [2.24, 2.45) is 20.5 Å². The van der Waals surface area contributed by atoms with Gasteiger partial charge in [0.05, 0.1) is 50.7 Å². The monoisotopic (exact) mass is 749 g/mol. The van der Waals surface area contributed by atoms with Crippen LogP contribution >= 0.6 is 0 Å². The van der Waals surface area contributed by atoms with E-state index in [1.165, 1.54) is 0 Å². The predicted molar refractivity (Wildman–Crippen MR) is 191 cm³/mol. The molecule has 2 fully saturated rings. The maximum Gasteiger partial charge on any atom is 0.407 e. The van der Waals surface area contributed by atoms with Crippen LogP contribution in [0.1, 0.15) is 38.3 Å². The molecule has 1 aliphatic carbocycles. The Morgan fingerprint density at radius 2 is 1.44 bits per heavy atom. The molecule has 5 unspecified atom stereocenters. The summed E-state index contributed by atoms with van der Waals surface area (Å²) in [7, 11) is 0. The first-order chi connectivity index (χ1) is 26.1. The van der Waals surface area contributed by atoms with E-state index in [9.17, 15) is 26.5 Å². The Bertz CT molecular complexity index is 1690. The standard InChI is InChI=1S/C33H43N13O8/c1-33(2,3)54-32(48)40-22-16-23(41-45-36)28(26(47)27(22)49-15-14-38-43-34)53-31-25(42-46-37)30(51-19-21-12-8-5-9-13-21)29(24(52-31)17-39-44-35)50-18-20-10-6-4-7-11-20/h4-13,22-31,47H,14-19H2,1-3H3,(H,40,48)/t22-,23?,24?,25?,26-,27?,28?,29-,30-,31-/m1/s1. The van der Waals surface area contributed by atoms with Gasteiger partial charge in [-0.25, -0.2) is 4.79 Å². The van der Waals surface area contributed by atoms with E-state index < -0.39 is 72.7 Å². The first-order valence-electron chi connectivity index (χ1n) is 17.1. The summed E-state index contributed by atoms with van der Waals surface area (Å²) in [6.45, 7) is 4.70. The van der Waals surface area contributed by atoms with Gasteiger partial charge < -0.3 is 38.8 Å². The minimum atomic E-state index is -1.61. The summed E-state index contributed by atoms with van der Waals surface area (Å²) in [6.07, 6.45) is -9.62. The zero-order valence-electron chi connectivity index (χ0n) is 30.0. The molecule has 0 aromatic heterocycles. The maximum absolute atomic E-state index is 12.8. The summed E-state index contributed by atoms with van der Waals surface area (Å²) in [5.74, 6) is 0. The van der Waals surface area contributed by atoms with Crippen LogP contribution in [0.3, 0.4) is 0 Å². The highest BCUT2D eigenvalue weighted by atomic mass is 16.7. The van der Waals surface area contributed by atoms with Crippen LogP contribution in [0.5, 0.6) is 0 Å². The van der Waals surface area contributed by atoms with Crippen LogP contribution in [-0.4, -0.2) is 97.5 Å². The van der Waals surface area contributed by atoms with Crippen molar-refractivity contribution in [1.29, 1.82) is 0 Å². The smallest absolute Gasteiger partial charge is 0.407 e. The highest BCUT2D eigenvalue weighted by Gasteiger charge is 2.52. The van der Waals surface area contributed by atoms with Crippen molar-refractivity contribution >= 4 is 6.09 Å². The van der Waals surface area contributed by atoms with E-state index in [1.807, 2.05) is 60.7 Å². The zero-order chi connectivity index (χ0) is 38.9. The fourth-order valence-electron chi connectivity index (χ4n) is 6.15. The average molecular weight is 750 g/mol. The molecule has 2 aliphatic rings. The SMILES string of the molecule is CC(C)(C)OC(=O)N[C@@H]1CC(N=[N+]=[N-])C(O[C@H]2OC(CN=[N+]=[N-])[C@@H](OCc3ccccc3)[C@H](OCc3ccccc3)C2N=[N+]=[N-])[C@H](O)C1OCCN=[N+]=[N-]. The van der Waals surface area contributed by atoms with Gasteiger partial charge in [-0.1, -0.05) is 81.1 Å². The Morgan fingerprint density at radius 3 is 2.02 bits per heavy atom. The Balaban J connectivity index is 1.70. The summed E-state index contributed by atoms with van der Waals surface area (Å²) in [5, 5.41) is 29.6. The minimum Gasteiger partial charge on any atom is -0.444 e. The molecule has 1 saturated heterocycles. The van der Waals surface area contributed by atoms with E-state index in [2.05, 4.69) is 45.4 Å². The fourth-order valence-corrected chi connectivity index (χ4v) is 6.15. The van der Waals surface area contributed by atoms with E-state index in [4.69, 9.17) is 34.0 Å². The summed E-state index contributed by atoms with van der Waals surface area (Å²) in [5.41, 5.74) is 38.1. The molecule has 4 rings (SSSR count). The van der Waals surface area contributed by atoms with Crippen LogP contribution in [0, 0.1) is 0 Å². The number of carbonyl (C=O) groups excluding carboxylic acids is 1. The summed E-state index contributed by atoms with van der Waals surface area (Å²) in [6, 6.07) is 15.1. The quantitative estimate of drug-likeness (QED) is 0.0799. The van der Waals surface area contributed by atoms with Crippen molar-refractivity contribution in [1.82, 2.24) is 5.32 Å². The highest BCUT2D eigenvalue weighted by molar-refractivity contribution is 5.68. The molecule has 2 aromatic carbocycles. The van der Waals surface area contributed by atoms with Crippen molar-refractivity contribution < 1.29 is 38.3 Å². The van der Waals surface area contributed by atoms with Gasteiger partial charge in [-0.05, 0) is 60.4 Å². The van der Waals surface area contributed by atoms with Gasteiger partial charge in [0.2, 0.25) is 0 Å². The van der Waals surface area contributed by atoms with Gasteiger partial charge in [0.1, 0.15) is 36.1 Å². The fraction of sp³-hybridized carbons (Fsp3) is 0.606. The van der Waals surface area contributed by atoms with Gasteiger partial charge in [-0.3, -0.25) is 0 Å². The second-order valence-corrected chi connectivity index (χ2v) is 13.3. The number of hydrogen-bond donors (Lipinski definition) is 2. The number of carbonyl (C=O) groups is 1. The van der Waals surface area contributed by atoms with Crippen molar-refractivity contribution in [3.8, 4) is 0 Å². The van der Waals surface area contributed by atoms with Crippen LogP contribution in [0.4, 0.5) is 4.79 Å². The number of ether oxygens (including phenoxy) is 6. The number of hydrogen-bond acceptors (Lipinski definition) is 12.